The lowest BCUT2D eigenvalue weighted by atomic mass is 10.0. The molecule has 1 amide bonds. The van der Waals surface area contributed by atoms with Crippen molar-refractivity contribution in [2.24, 2.45) is 5.73 Å². The molecule has 1 aliphatic rings. The van der Waals surface area contributed by atoms with Crippen LogP contribution in [0.1, 0.15) is 31.1 Å². The van der Waals surface area contributed by atoms with Crippen molar-refractivity contribution >= 4 is 21.8 Å². The van der Waals surface area contributed by atoms with Crippen LogP contribution >= 0.6 is 15.9 Å². The minimum Gasteiger partial charge on any atom is -0.466 e. The van der Waals surface area contributed by atoms with Crippen molar-refractivity contribution in [2.45, 2.75) is 31.3 Å². The molecule has 6 heteroatoms. The Balaban J connectivity index is 2.31. The Hall–Kier alpha value is -0.850. The number of nitrogens with two attached hydrogens (primary N) is 1. The van der Waals surface area contributed by atoms with E-state index in [1.165, 1.54) is 0 Å². The maximum absolute atomic E-state index is 12.2. The molecule has 0 bridgehead atoms. The van der Waals surface area contributed by atoms with Gasteiger partial charge in [0.15, 0.2) is 0 Å². The summed E-state index contributed by atoms with van der Waals surface area (Å²) in [5.41, 5.74) is 6.25. The molecular weight excluding hydrogens is 312 g/mol. The van der Waals surface area contributed by atoms with Gasteiger partial charge in [-0.3, -0.25) is 4.79 Å². The summed E-state index contributed by atoms with van der Waals surface area (Å²) in [5.74, 6) is 0.831. The van der Waals surface area contributed by atoms with E-state index in [9.17, 15) is 4.79 Å². The summed E-state index contributed by atoms with van der Waals surface area (Å²) in [7, 11) is 1.63. The lowest BCUT2D eigenvalue weighted by Gasteiger charge is -2.32. The molecule has 19 heavy (non-hydrogen) atoms. The van der Waals surface area contributed by atoms with E-state index in [2.05, 4.69) is 15.9 Å². The molecule has 2 rings (SSSR count). The first-order chi connectivity index (χ1) is 9.15. The van der Waals surface area contributed by atoms with Crippen LogP contribution in [-0.2, 0) is 9.53 Å². The molecule has 2 atom stereocenters. The number of carbonyl (C=O) groups is 1. The first-order valence-corrected chi connectivity index (χ1v) is 7.21. The summed E-state index contributed by atoms with van der Waals surface area (Å²) in [6, 6.07) is 1.48. The normalized spacial score (nSPS) is 24.6. The molecule has 2 N–H and O–H groups in total. The third-order valence-corrected chi connectivity index (χ3v) is 4.09. The second-order valence-electron chi connectivity index (χ2n) is 4.71. The lowest BCUT2D eigenvalue weighted by Crippen LogP contribution is -2.43. The van der Waals surface area contributed by atoms with Gasteiger partial charge in [0.05, 0.1) is 17.3 Å². The number of nitrogens with zero attached hydrogens (tertiary/aromatic N) is 1. The molecule has 1 aromatic heterocycles. The van der Waals surface area contributed by atoms with E-state index in [1.54, 1.807) is 18.3 Å². The Kier molecular flexibility index (Phi) is 5.01. The zero-order valence-corrected chi connectivity index (χ0v) is 12.6. The van der Waals surface area contributed by atoms with Gasteiger partial charge in [-0.05, 0) is 34.8 Å². The number of ether oxygens (including phenoxy) is 1. The van der Waals surface area contributed by atoms with Crippen molar-refractivity contribution in [2.75, 3.05) is 20.3 Å². The van der Waals surface area contributed by atoms with Gasteiger partial charge in [0, 0.05) is 26.1 Å². The molecule has 0 aliphatic carbocycles. The van der Waals surface area contributed by atoms with Crippen molar-refractivity contribution in [1.29, 1.82) is 0 Å². The Morgan fingerprint density at radius 2 is 2.42 bits per heavy atom. The van der Waals surface area contributed by atoms with Gasteiger partial charge >= 0.3 is 0 Å². The third-order valence-electron chi connectivity index (χ3n) is 3.44. The Bertz CT molecular complexity index is 435. The lowest BCUT2D eigenvalue weighted by molar-refractivity contribution is -0.134. The second kappa shape index (κ2) is 6.54. The fraction of sp³-hybridized carbons (Fsp3) is 0.615. The van der Waals surface area contributed by atoms with E-state index in [4.69, 9.17) is 14.9 Å². The van der Waals surface area contributed by atoms with Crippen molar-refractivity contribution < 1.29 is 13.9 Å². The third kappa shape index (κ3) is 3.19. The molecule has 0 spiro atoms. The Morgan fingerprint density at radius 1 is 1.63 bits per heavy atom. The minimum atomic E-state index is -0.227. The maximum Gasteiger partial charge on any atom is 0.223 e. The highest BCUT2D eigenvalue weighted by atomic mass is 79.9. The topological polar surface area (TPSA) is 68.7 Å². The quantitative estimate of drug-likeness (QED) is 0.917. The van der Waals surface area contributed by atoms with Crippen LogP contribution in [0.25, 0.3) is 0 Å². The fourth-order valence-electron chi connectivity index (χ4n) is 2.48. The number of furan rings is 1. The van der Waals surface area contributed by atoms with Crippen molar-refractivity contribution in [3.05, 3.63) is 22.6 Å². The number of hydrogen-bond donors (Lipinski definition) is 1. The van der Waals surface area contributed by atoms with Gasteiger partial charge in [-0.1, -0.05) is 0 Å². The predicted molar refractivity (Wildman–Crippen MR) is 74.6 cm³/mol. The zero-order valence-electron chi connectivity index (χ0n) is 11.0. The molecule has 2 heterocycles. The first kappa shape index (κ1) is 14.6. The van der Waals surface area contributed by atoms with E-state index in [0.717, 1.165) is 23.1 Å². The van der Waals surface area contributed by atoms with E-state index in [0.29, 0.717) is 19.6 Å². The van der Waals surface area contributed by atoms with Gasteiger partial charge in [-0.15, -0.1) is 0 Å². The van der Waals surface area contributed by atoms with E-state index in [1.807, 2.05) is 6.07 Å². The number of methoxy groups -OCH3 is 1. The van der Waals surface area contributed by atoms with Gasteiger partial charge < -0.3 is 19.8 Å². The van der Waals surface area contributed by atoms with Gasteiger partial charge in [0.2, 0.25) is 5.91 Å². The SMILES string of the molecule is COCCN1C(=O)CCCC(N)C1c1occc1Br. The number of halogens is 1. The molecule has 1 aromatic rings. The molecule has 5 nitrogen and oxygen atoms in total. The minimum absolute atomic E-state index is 0.110. The highest BCUT2D eigenvalue weighted by molar-refractivity contribution is 9.10. The number of likely N-dealkylation sites (tertiary alicyclic amines) is 1. The average molecular weight is 331 g/mol. The van der Waals surface area contributed by atoms with Crippen LogP contribution in [0.5, 0.6) is 0 Å². The Labute approximate surface area is 121 Å². The standard InChI is InChI=1S/C13H19BrN2O3/c1-18-8-6-16-11(17)4-2-3-10(15)12(16)13-9(14)5-7-19-13/h5,7,10,12H,2-4,6,8,15H2,1H3. The van der Waals surface area contributed by atoms with Crippen LogP contribution in [0, 0.1) is 0 Å². The fourth-order valence-corrected chi connectivity index (χ4v) is 2.92. The molecule has 1 aliphatic heterocycles. The van der Waals surface area contributed by atoms with Crippen LogP contribution in [0.4, 0.5) is 0 Å². The summed E-state index contributed by atoms with van der Waals surface area (Å²) >= 11 is 3.45. The number of rotatable bonds is 4. The van der Waals surface area contributed by atoms with Crippen molar-refractivity contribution in [3.8, 4) is 0 Å². The van der Waals surface area contributed by atoms with Crippen molar-refractivity contribution in [3.63, 3.8) is 0 Å². The molecule has 1 fully saturated rings. The highest BCUT2D eigenvalue weighted by Gasteiger charge is 2.35. The van der Waals surface area contributed by atoms with E-state index >= 15 is 0 Å². The van der Waals surface area contributed by atoms with Crippen LogP contribution in [0.15, 0.2) is 21.2 Å². The van der Waals surface area contributed by atoms with Gasteiger partial charge in [0.25, 0.3) is 0 Å². The summed E-state index contributed by atoms with van der Waals surface area (Å²) in [5, 5.41) is 0. The number of hydrogen-bond acceptors (Lipinski definition) is 4. The molecule has 0 saturated carbocycles. The zero-order chi connectivity index (χ0) is 13.8. The van der Waals surface area contributed by atoms with Crippen LogP contribution in [-0.4, -0.2) is 37.1 Å². The van der Waals surface area contributed by atoms with Gasteiger partial charge in [-0.2, -0.15) is 0 Å². The number of amides is 1. The van der Waals surface area contributed by atoms with Crippen LogP contribution < -0.4 is 5.73 Å². The smallest absolute Gasteiger partial charge is 0.223 e. The predicted octanol–water partition coefficient (Wildman–Crippen LogP) is 2.07. The highest BCUT2D eigenvalue weighted by Crippen LogP contribution is 2.34. The molecule has 0 aromatic carbocycles. The van der Waals surface area contributed by atoms with E-state index in [-0.39, 0.29) is 18.0 Å². The largest absolute Gasteiger partial charge is 0.466 e. The van der Waals surface area contributed by atoms with Gasteiger partial charge in [-0.25, -0.2) is 0 Å². The molecule has 106 valence electrons. The summed E-state index contributed by atoms with van der Waals surface area (Å²) in [4.78, 5) is 14.0. The average Bonchev–Trinajstić information content (AvgIpc) is 2.74. The number of carbonyl (C=O) groups excluding carboxylic acids is 1. The molecule has 2 unspecified atom stereocenters. The van der Waals surface area contributed by atoms with Crippen LogP contribution in [0.2, 0.25) is 0 Å². The summed E-state index contributed by atoms with van der Waals surface area (Å²) in [6.45, 7) is 1.02. The summed E-state index contributed by atoms with van der Waals surface area (Å²) < 4.78 is 11.5. The Morgan fingerprint density at radius 3 is 3.05 bits per heavy atom. The maximum atomic E-state index is 12.2. The molecule has 0 radical (unpaired) electrons. The molecular formula is C13H19BrN2O3. The van der Waals surface area contributed by atoms with Crippen molar-refractivity contribution in [1.82, 2.24) is 4.90 Å². The summed E-state index contributed by atoms with van der Waals surface area (Å²) in [6.07, 6.45) is 3.77. The van der Waals surface area contributed by atoms with E-state index < -0.39 is 0 Å². The van der Waals surface area contributed by atoms with Crippen LogP contribution in [0.3, 0.4) is 0 Å². The second-order valence-corrected chi connectivity index (χ2v) is 5.57. The first-order valence-electron chi connectivity index (χ1n) is 6.42. The molecule has 1 saturated heterocycles. The monoisotopic (exact) mass is 330 g/mol. The van der Waals surface area contributed by atoms with Gasteiger partial charge in [0.1, 0.15) is 11.8 Å².